The lowest BCUT2D eigenvalue weighted by molar-refractivity contribution is -0.145. The number of rotatable bonds is 2. The van der Waals surface area contributed by atoms with Crippen LogP contribution in [-0.4, -0.2) is 36.7 Å². The maximum atomic E-state index is 12.7. The third kappa shape index (κ3) is 3.25. The van der Waals surface area contributed by atoms with Gasteiger partial charge in [-0.1, -0.05) is 6.07 Å². The Labute approximate surface area is 139 Å². The molecule has 0 aliphatic carbocycles. The average molecular weight is 357 g/mol. The van der Waals surface area contributed by atoms with Gasteiger partial charge in [-0.15, -0.1) is 0 Å². The number of hydrogen-bond donors (Lipinski definition) is 4. The number of fused-ring (bicyclic) bond motifs is 1. The van der Waals surface area contributed by atoms with Gasteiger partial charge in [0.05, 0.1) is 11.3 Å². The SMILES string of the molecule is O=c1[nH]c(C(F)(F)F)nc2c1CN(Cc1ccc(O)c(O)c1O)CC2. The van der Waals surface area contributed by atoms with Crippen molar-refractivity contribution in [2.75, 3.05) is 6.54 Å². The lowest BCUT2D eigenvalue weighted by atomic mass is 10.1. The van der Waals surface area contributed by atoms with E-state index in [-0.39, 0.29) is 30.8 Å². The summed E-state index contributed by atoms with van der Waals surface area (Å²) in [4.78, 5) is 18.9. The Morgan fingerprint density at radius 3 is 2.60 bits per heavy atom. The quantitative estimate of drug-likeness (QED) is 0.606. The predicted octanol–water partition coefficient (Wildman–Crippen LogP) is 1.46. The van der Waals surface area contributed by atoms with Crippen molar-refractivity contribution in [3.63, 3.8) is 0 Å². The lowest BCUT2D eigenvalue weighted by Crippen LogP contribution is -2.36. The number of benzene rings is 1. The van der Waals surface area contributed by atoms with Crippen LogP contribution in [0.15, 0.2) is 16.9 Å². The van der Waals surface area contributed by atoms with Crippen LogP contribution in [0.1, 0.15) is 22.6 Å². The van der Waals surface area contributed by atoms with Crippen LogP contribution < -0.4 is 5.56 Å². The van der Waals surface area contributed by atoms with E-state index in [4.69, 9.17) is 0 Å². The molecule has 0 unspecified atom stereocenters. The molecule has 0 atom stereocenters. The van der Waals surface area contributed by atoms with Crippen LogP contribution in [0.25, 0.3) is 0 Å². The summed E-state index contributed by atoms with van der Waals surface area (Å²) >= 11 is 0. The number of H-pyrrole nitrogens is 1. The summed E-state index contributed by atoms with van der Waals surface area (Å²) in [7, 11) is 0. The molecule has 10 heteroatoms. The van der Waals surface area contributed by atoms with Gasteiger partial charge in [-0.3, -0.25) is 9.69 Å². The molecule has 7 nitrogen and oxygen atoms in total. The molecular weight excluding hydrogens is 343 g/mol. The zero-order chi connectivity index (χ0) is 18.4. The molecule has 1 aliphatic heterocycles. The van der Waals surface area contributed by atoms with Crippen LogP contribution in [0.5, 0.6) is 17.2 Å². The maximum absolute atomic E-state index is 12.7. The van der Waals surface area contributed by atoms with Crippen molar-refractivity contribution in [1.29, 1.82) is 0 Å². The van der Waals surface area contributed by atoms with Gasteiger partial charge in [-0.25, -0.2) is 4.98 Å². The molecule has 0 saturated carbocycles. The average Bonchev–Trinajstić information content (AvgIpc) is 2.55. The summed E-state index contributed by atoms with van der Waals surface area (Å²) in [6, 6.07) is 2.63. The molecule has 1 aromatic heterocycles. The fourth-order valence-corrected chi connectivity index (χ4v) is 2.73. The Bertz CT molecular complexity index is 880. The Morgan fingerprint density at radius 2 is 1.92 bits per heavy atom. The highest BCUT2D eigenvalue weighted by Crippen LogP contribution is 2.37. The zero-order valence-corrected chi connectivity index (χ0v) is 12.8. The summed E-state index contributed by atoms with van der Waals surface area (Å²) in [5, 5.41) is 28.7. The van der Waals surface area contributed by atoms with E-state index in [0.717, 1.165) is 0 Å². The Balaban J connectivity index is 1.85. The molecule has 4 N–H and O–H groups in total. The molecule has 134 valence electrons. The number of nitrogens with zero attached hydrogens (tertiary/aromatic N) is 2. The number of aromatic hydroxyl groups is 3. The Morgan fingerprint density at radius 1 is 1.20 bits per heavy atom. The molecule has 0 radical (unpaired) electrons. The number of nitrogens with one attached hydrogen (secondary N) is 1. The van der Waals surface area contributed by atoms with Crippen molar-refractivity contribution in [3.05, 3.63) is 45.1 Å². The van der Waals surface area contributed by atoms with E-state index in [9.17, 15) is 33.3 Å². The minimum absolute atomic E-state index is 0.0525. The number of alkyl halides is 3. The number of phenols is 3. The van der Waals surface area contributed by atoms with Gasteiger partial charge in [0.25, 0.3) is 5.56 Å². The third-order valence-corrected chi connectivity index (χ3v) is 4.02. The van der Waals surface area contributed by atoms with Crippen LogP contribution in [0.3, 0.4) is 0 Å². The molecule has 0 bridgehead atoms. The second-order valence-electron chi connectivity index (χ2n) is 5.74. The van der Waals surface area contributed by atoms with Crippen molar-refractivity contribution < 1.29 is 28.5 Å². The van der Waals surface area contributed by atoms with Crippen molar-refractivity contribution in [2.24, 2.45) is 0 Å². The van der Waals surface area contributed by atoms with Gasteiger partial charge in [0.1, 0.15) is 0 Å². The zero-order valence-electron chi connectivity index (χ0n) is 12.8. The minimum Gasteiger partial charge on any atom is -0.504 e. The van der Waals surface area contributed by atoms with Crippen LogP contribution in [-0.2, 0) is 25.7 Å². The monoisotopic (exact) mass is 357 g/mol. The van der Waals surface area contributed by atoms with Crippen LogP contribution in [0.2, 0.25) is 0 Å². The summed E-state index contributed by atoms with van der Waals surface area (Å²) in [5.74, 6) is -2.91. The summed E-state index contributed by atoms with van der Waals surface area (Å²) in [6.45, 7) is 0.512. The van der Waals surface area contributed by atoms with Gasteiger partial charge < -0.3 is 20.3 Å². The molecule has 0 amide bonds. The first-order valence-electron chi connectivity index (χ1n) is 7.31. The number of phenolic OH excluding ortho intramolecular Hbond substituents is 3. The highest BCUT2D eigenvalue weighted by atomic mass is 19.4. The first kappa shape index (κ1) is 17.1. The van der Waals surface area contributed by atoms with Crippen LogP contribution in [0.4, 0.5) is 13.2 Å². The topological polar surface area (TPSA) is 110 Å². The van der Waals surface area contributed by atoms with E-state index in [1.165, 1.54) is 12.1 Å². The first-order chi connectivity index (χ1) is 11.7. The predicted molar refractivity (Wildman–Crippen MR) is 79.1 cm³/mol. The summed E-state index contributed by atoms with van der Waals surface area (Å²) in [5.41, 5.74) is -0.290. The first-order valence-corrected chi connectivity index (χ1v) is 7.31. The third-order valence-electron chi connectivity index (χ3n) is 4.02. The highest BCUT2D eigenvalue weighted by molar-refractivity contribution is 5.53. The van der Waals surface area contributed by atoms with Gasteiger partial charge in [0, 0.05) is 31.6 Å². The fourth-order valence-electron chi connectivity index (χ4n) is 2.73. The molecule has 25 heavy (non-hydrogen) atoms. The molecular formula is C15H14F3N3O4. The van der Waals surface area contributed by atoms with E-state index in [1.54, 1.807) is 9.88 Å². The molecule has 1 aliphatic rings. The van der Waals surface area contributed by atoms with E-state index in [0.29, 0.717) is 12.1 Å². The lowest BCUT2D eigenvalue weighted by Gasteiger charge is -2.28. The van der Waals surface area contributed by atoms with Crippen LogP contribution >= 0.6 is 0 Å². The molecule has 2 heterocycles. The van der Waals surface area contributed by atoms with Gasteiger partial charge >= 0.3 is 6.18 Å². The number of hydrogen-bond acceptors (Lipinski definition) is 6. The smallest absolute Gasteiger partial charge is 0.449 e. The number of aromatic amines is 1. The molecule has 0 spiro atoms. The molecule has 0 fully saturated rings. The number of aromatic nitrogens is 2. The number of halogens is 3. The van der Waals surface area contributed by atoms with E-state index < -0.39 is 34.8 Å². The Hall–Kier alpha value is -2.75. The second kappa shape index (κ2) is 5.96. The molecule has 1 aromatic carbocycles. The standard InChI is InChI=1S/C15H14F3N3O4/c16-15(17,18)14-19-9-3-4-21(6-8(9)13(25)20-14)5-7-1-2-10(22)12(24)11(7)23/h1-2,22-24H,3-6H2,(H,19,20,25). The van der Waals surface area contributed by atoms with Gasteiger partial charge in [-0.2, -0.15) is 13.2 Å². The normalized spacial score (nSPS) is 15.2. The van der Waals surface area contributed by atoms with Crippen molar-refractivity contribution in [1.82, 2.24) is 14.9 Å². The van der Waals surface area contributed by atoms with E-state index in [1.807, 2.05) is 0 Å². The van der Waals surface area contributed by atoms with Gasteiger partial charge in [0.2, 0.25) is 11.6 Å². The van der Waals surface area contributed by atoms with Crippen LogP contribution in [0, 0.1) is 0 Å². The fraction of sp³-hybridized carbons (Fsp3) is 0.333. The maximum Gasteiger partial charge on any atom is 0.449 e. The van der Waals surface area contributed by atoms with Crippen molar-refractivity contribution >= 4 is 0 Å². The van der Waals surface area contributed by atoms with Crippen molar-refractivity contribution in [3.8, 4) is 17.2 Å². The molecule has 3 rings (SSSR count). The van der Waals surface area contributed by atoms with Crippen molar-refractivity contribution in [2.45, 2.75) is 25.7 Å². The van der Waals surface area contributed by atoms with E-state index >= 15 is 0 Å². The summed E-state index contributed by atoms with van der Waals surface area (Å²) in [6.07, 6.45) is -4.58. The Kier molecular flexibility index (Phi) is 4.07. The molecule has 0 saturated heterocycles. The van der Waals surface area contributed by atoms with Gasteiger partial charge in [0.15, 0.2) is 11.5 Å². The molecule has 2 aromatic rings. The largest absolute Gasteiger partial charge is 0.504 e. The minimum atomic E-state index is -4.72. The van der Waals surface area contributed by atoms with Gasteiger partial charge in [-0.05, 0) is 6.07 Å². The second-order valence-corrected chi connectivity index (χ2v) is 5.74. The highest BCUT2D eigenvalue weighted by Gasteiger charge is 2.36. The summed E-state index contributed by atoms with van der Waals surface area (Å²) < 4.78 is 38.1. The van der Waals surface area contributed by atoms with E-state index in [2.05, 4.69) is 4.98 Å².